The number of carbonyl (C=O) groups excluding carboxylic acids is 1. The van der Waals surface area contributed by atoms with Crippen molar-refractivity contribution in [3.8, 4) is 11.5 Å². The third-order valence-corrected chi connectivity index (χ3v) is 2.96. The minimum absolute atomic E-state index is 0.100. The Hall–Kier alpha value is -2.83. The predicted molar refractivity (Wildman–Crippen MR) is 81.8 cm³/mol. The van der Waals surface area contributed by atoms with E-state index in [4.69, 9.17) is 4.74 Å². The zero-order valence-electron chi connectivity index (χ0n) is 12.8. The van der Waals surface area contributed by atoms with Crippen LogP contribution >= 0.6 is 0 Å². The minimum Gasteiger partial charge on any atom is -0.451 e. The number of halogens is 4. The molecule has 0 aliphatic rings. The van der Waals surface area contributed by atoms with E-state index in [2.05, 4.69) is 5.32 Å². The first-order valence-corrected chi connectivity index (χ1v) is 6.89. The summed E-state index contributed by atoms with van der Waals surface area (Å²) in [6, 6.07) is 5.53. The van der Waals surface area contributed by atoms with Gasteiger partial charge in [0, 0.05) is 18.7 Å². The van der Waals surface area contributed by atoms with E-state index in [1.165, 1.54) is 44.2 Å². The number of benzene rings is 2. The van der Waals surface area contributed by atoms with E-state index in [1.807, 2.05) is 0 Å². The molecule has 24 heavy (non-hydrogen) atoms. The van der Waals surface area contributed by atoms with Gasteiger partial charge >= 0.3 is 0 Å². The molecule has 0 saturated heterocycles. The van der Waals surface area contributed by atoms with Gasteiger partial charge in [-0.05, 0) is 19.1 Å². The summed E-state index contributed by atoms with van der Waals surface area (Å²) in [6.07, 6.45) is 2.16. The molecule has 0 radical (unpaired) electrons. The average Bonchev–Trinajstić information content (AvgIpc) is 2.53. The fourth-order valence-corrected chi connectivity index (χ4v) is 1.99. The molecule has 1 N–H and O–H groups in total. The highest BCUT2D eigenvalue weighted by Crippen LogP contribution is 2.34. The van der Waals surface area contributed by atoms with E-state index >= 15 is 0 Å². The van der Waals surface area contributed by atoms with E-state index in [0.717, 1.165) is 6.08 Å². The predicted octanol–water partition coefficient (Wildman–Crippen LogP) is 5.03. The summed E-state index contributed by atoms with van der Waals surface area (Å²) in [4.78, 5) is 11.0. The van der Waals surface area contributed by atoms with Crippen LogP contribution < -0.4 is 10.1 Å². The van der Waals surface area contributed by atoms with Gasteiger partial charge in [-0.1, -0.05) is 18.2 Å². The normalized spacial score (nSPS) is 10.9. The second-order valence-electron chi connectivity index (χ2n) is 4.81. The molecule has 0 aliphatic carbocycles. The lowest BCUT2D eigenvalue weighted by Gasteiger charge is -2.12. The molecule has 0 heterocycles. The molecule has 3 nitrogen and oxygen atoms in total. The second kappa shape index (κ2) is 7.16. The molecule has 0 aliphatic heterocycles. The summed E-state index contributed by atoms with van der Waals surface area (Å²) < 4.78 is 60.7. The van der Waals surface area contributed by atoms with Crippen molar-refractivity contribution in [1.82, 2.24) is 0 Å². The van der Waals surface area contributed by atoms with Crippen LogP contribution in [-0.4, -0.2) is 5.91 Å². The Morgan fingerprint density at radius 1 is 1.08 bits per heavy atom. The zero-order chi connectivity index (χ0) is 17.9. The van der Waals surface area contributed by atoms with Gasteiger partial charge in [0.05, 0.1) is 5.56 Å². The van der Waals surface area contributed by atoms with Gasteiger partial charge < -0.3 is 10.1 Å². The van der Waals surface area contributed by atoms with Gasteiger partial charge in [0.25, 0.3) is 0 Å². The Labute approximate surface area is 135 Å². The molecule has 2 aromatic rings. The average molecular weight is 339 g/mol. The van der Waals surface area contributed by atoms with Crippen LogP contribution in [-0.2, 0) is 4.79 Å². The van der Waals surface area contributed by atoms with E-state index in [1.54, 1.807) is 0 Å². The zero-order valence-corrected chi connectivity index (χ0v) is 12.8. The SMILES string of the molecule is CC=Cc1c(F)c(F)c(Oc2cccc(NC(C)=O)c2)c(F)c1F. The molecule has 0 fully saturated rings. The lowest BCUT2D eigenvalue weighted by Crippen LogP contribution is -2.06. The Balaban J connectivity index is 2.46. The van der Waals surface area contributed by atoms with E-state index in [9.17, 15) is 22.4 Å². The Morgan fingerprint density at radius 2 is 1.71 bits per heavy atom. The van der Waals surface area contributed by atoms with Gasteiger partial charge in [0.15, 0.2) is 11.6 Å². The van der Waals surface area contributed by atoms with Crippen LogP contribution in [0.2, 0.25) is 0 Å². The Kier molecular flexibility index (Phi) is 5.23. The molecule has 7 heteroatoms. The topological polar surface area (TPSA) is 38.3 Å². The summed E-state index contributed by atoms with van der Waals surface area (Å²) in [5, 5.41) is 2.45. The van der Waals surface area contributed by atoms with Crippen LogP contribution in [0, 0.1) is 23.3 Å². The highest BCUT2D eigenvalue weighted by Gasteiger charge is 2.25. The lowest BCUT2D eigenvalue weighted by molar-refractivity contribution is -0.114. The van der Waals surface area contributed by atoms with Crippen molar-refractivity contribution in [2.24, 2.45) is 0 Å². The fraction of sp³-hybridized carbons (Fsp3) is 0.118. The highest BCUT2D eigenvalue weighted by molar-refractivity contribution is 5.88. The van der Waals surface area contributed by atoms with Gasteiger partial charge in [-0.2, -0.15) is 8.78 Å². The third-order valence-electron chi connectivity index (χ3n) is 2.96. The van der Waals surface area contributed by atoms with Gasteiger partial charge in [-0.25, -0.2) is 8.78 Å². The lowest BCUT2D eigenvalue weighted by atomic mass is 10.1. The van der Waals surface area contributed by atoms with Crippen LogP contribution in [0.25, 0.3) is 6.08 Å². The summed E-state index contributed by atoms with van der Waals surface area (Å²) in [6.45, 7) is 2.73. The van der Waals surface area contributed by atoms with Gasteiger partial charge in [0.1, 0.15) is 5.75 Å². The number of hydrogen-bond acceptors (Lipinski definition) is 2. The number of rotatable bonds is 4. The molecular weight excluding hydrogens is 326 g/mol. The van der Waals surface area contributed by atoms with Crippen LogP contribution in [0.15, 0.2) is 30.3 Å². The number of carbonyl (C=O) groups is 1. The van der Waals surface area contributed by atoms with Crippen molar-refractivity contribution in [2.45, 2.75) is 13.8 Å². The quantitative estimate of drug-likeness (QED) is 0.627. The number of anilines is 1. The monoisotopic (exact) mass is 339 g/mol. The summed E-state index contributed by atoms with van der Waals surface area (Å²) in [5.74, 6) is -8.06. The molecule has 0 unspecified atom stereocenters. The molecule has 2 aromatic carbocycles. The smallest absolute Gasteiger partial charge is 0.221 e. The molecular formula is C17H13F4NO2. The van der Waals surface area contributed by atoms with Crippen LogP contribution in [0.1, 0.15) is 19.4 Å². The fourth-order valence-electron chi connectivity index (χ4n) is 1.99. The van der Waals surface area contributed by atoms with Crippen molar-refractivity contribution in [3.05, 3.63) is 59.2 Å². The number of nitrogens with one attached hydrogen (secondary N) is 1. The molecule has 0 spiro atoms. The maximum absolute atomic E-state index is 14.0. The second-order valence-corrected chi connectivity index (χ2v) is 4.81. The maximum Gasteiger partial charge on any atom is 0.221 e. The first kappa shape index (κ1) is 17.5. The number of hydrogen-bond donors (Lipinski definition) is 1. The van der Waals surface area contributed by atoms with Gasteiger partial charge in [-0.3, -0.25) is 4.79 Å². The van der Waals surface area contributed by atoms with Crippen molar-refractivity contribution in [1.29, 1.82) is 0 Å². The summed E-state index contributed by atoms with van der Waals surface area (Å²) >= 11 is 0. The maximum atomic E-state index is 14.0. The van der Waals surface area contributed by atoms with Crippen LogP contribution in [0.4, 0.5) is 23.2 Å². The number of amides is 1. The first-order valence-electron chi connectivity index (χ1n) is 6.89. The number of ether oxygens (including phenoxy) is 1. The molecule has 1 amide bonds. The van der Waals surface area contributed by atoms with E-state index in [-0.39, 0.29) is 11.7 Å². The van der Waals surface area contributed by atoms with Gasteiger partial charge in [-0.15, -0.1) is 0 Å². The summed E-state index contributed by atoms with van der Waals surface area (Å²) in [7, 11) is 0. The minimum atomic E-state index is -1.65. The van der Waals surface area contributed by atoms with Crippen molar-refractivity contribution in [2.75, 3.05) is 5.32 Å². The standard InChI is InChI=1S/C17H13F4NO2/c1-3-5-12-13(18)15(20)17(16(21)14(12)19)24-11-7-4-6-10(8-11)22-9(2)23/h3-8H,1-2H3,(H,22,23). The van der Waals surface area contributed by atoms with Crippen molar-refractivity contribution < 1.29 is 27.1 Å². The first-order chi connectivity index (χ1) is 11.3. The van der Waals surface area contributed by atoms with Crippen molar-refractivity contribution >= 4 is 17.7 Å². The van der Waals surface area contributed by atoms with E-state index < -0.39 is 34.6 Å². The van der Waals surface area contributed by atoms with Gasteiger partial charge in [0.2, 0.25) is 23.3 Å². The molecule has 0 bridgehead atoms. The van der Waals surface area contributed by atoms with Crippen LogP contribution in [0.5, 0.6) is 11.5 Å². The molecule has 0 atom stereocenters. The van der Waals surface area contributed by atoms with Crippen molar-refractivity contribution in [3.63, 3.8) is 0 Å². The summed E-state index contributed by atoms with van der Waals surface area (Å²) in [5.41, 5.74) is -0.529. The molecule has 0 saturated carbocycles. The third kappa shape index (κ3) is 3.56. The molecule has 0 aromatic heterocycles. The highest BCUT2D eigenvalue weighted by atomic mass is 19.2. The largest absolute Gasteiger partial charge is 0.451 e. The number of allylic oxidation sites excluding steroid dienone is 1. The molecule has 126 valence electrons. The Bertz CT molecular complexity index is 789. The Morgan fingerprint density at radius 3 is 2.25 bits per heavy atom. The van der Waals surface area contributed by atoms with E-state index in [0.29, 0.717) is 5.69 Å². The molecule has 2 rings (SSSR count). The van der Waals surface area contributed by atoms with Crippen LogP contribution in [0.3, 0.4) is 0 Å².